The smallest absolute Gasteiger partial charge is 0.243 e. The van der Waals surface area contributed by atoms with E-state index >= 15 is 0 Å². The second-order valence-corrected chi connectivity index (χ2v) is 8.86. The molecule has 0 N–H and O–H groups in total. The Labute approximate surface area is 145 Å². The van der Waals surface area contributed by atoms with E-state index in [4.69, 9.17) is 4.74 Å². The highest BCUT2D eigenvalue weighted by atomic mass is 32.2. The lowest BCUT2D eigenvalue weighted by Gasteiger charge is -2.25. The van der Waals surface area contributed by atoms with Crippen molar-refractivity contribution in [1.82, 2.24) is 4.31 Å². The number of thiophene rings is 1. The molecule has 3 rings (SSSR count). The fraction of sp³-hybridized carbons (Fsp3) is 0.412. The summed E-state index contributed by atoms with van der Waals surface area (Å²) in [5.41, 5.74) is 0.415. The molecule has 24 heavy (non-hydrogen) atoms. The molecule has 1 aromatic heterocycles. The minimum Gasteiger partial charge on any atom is -0.377 e. The first-order valence-electron chi connectivity index (χ1n) is 7.87. The second kappa shape index (κ2) is 7.31. The summed E-state index contributed by atoms with van der Waals surface area (Å²) in [7, 11) is -3.72. The predicted molar refractivity (Wildman–Crippen MR) is 92.0 cm³/mol. The summed E-state index contributed by atoms with van der Waals surface area (Å²) in [5.74, 6) is -0.435. The third-order valence-corrected chi connectivity index (χ3v) is 6.93. The zero-order valence-corrected chi connectivity index (χ0v) is 15.1. The maximum atomic E-state index is 13.3. The molecule has 0 saturated carbocycles. The Balaban J connectivity index is 1.92. The molecule has 1 saturated heterocycles. The second-order valence-electron chi connectivity index (χ2n) is 5.92. The number of rotatable bonds is 6. The molecule has 1 aromatic carbocycles. The van der Waals surface area contributed by atoms with E-state index in [1.165, 1.54) is 33.8 Å². The van der Waals surface area contributed by atoms with Crippen LogP contribution in [0.2, 0.25) is 0 Å². The summed E-state index contributed by atoms with van der Waals surface area (Å²) in [6, 6.07) is 7.61. The molecule has 1 aliphatic heterocycles. The average molecular weight is 369 g/mol. The van der Waals surface area contributed by atoms with Gasteiger partial charge in [-0.3, -0.25) is 0 Å². The number of aryl methyl sites for hydroxylation is 1. The predicted octanol–water partition coefficient (Wildman–Crippen LogP) is 3.57. The van der Waals surface area contributed by atoms with Crippen LogP contribution in [-0.4, -0.2) is 32.0 Å². The van der Waals surface area contributed by atoms with Crippen molar-refractivity contribution in [1.29, 1.82) is 0 Å². The van der Waals surface area contributed by atoms with Crippen LogP contribution in [0.1, 0.15) is 23.3 Å². The topological polar surface area (TPSA) is 46.6 Å². The van der Waals surface area contributed by atoms with Crippen molar-refractivity contribution in [3.63, 3.8) is 0 Å². The number of hydrogen-bond acceptors (Lipinski definition) is 4. The highest BCUT2D eigenvalue weighted by molar-refractivity contribution is 7.89. The van der Waals surface area contributed by atoms with Gasteiger partial charge in [0, 0.05) is 24.6 Å². The summed E-state index contributed by atoms with van der Waals surface area (Å²) in [6.07, 6.45) is 1.73. The van der Waals surface area contributed by atoms with Gasteiger partial charge in [-0.05, 0) is 55.0 Å². The van der Waals surface area contributed by atoms with E-state index in [-0.39, 0.29) is 11.0 Å². The quantitative estimate of drug-likeness (QED) is 0.782. The lowest BCUT2D eigenvalue weighted by atomic mass is 10.2. The van der Waals surface area contributed by atoms with Gasteiger partial charge in [0.15, 0.2) is 0 Å². The highest BCUT2D eigenvalue weighted by Gasteiger charge is 2.30. The van der Waals surface area contributed by atoms with E-state index in [1.54, 1.807) is 6.92 Å². The number of nitrogens with zero attached hydrogens (tertiary/aromatic N) is 1. The number of hydrogen-bond donors (Lipinski definition) is 0. The normalized spacial score (nSPS) is 18.4. The van der Waals surface area contributed by atoms with Gasteiger partial charge in [-0.15, -0.1) is 11.3 Å². The van der Waals surface area contributed by atoms with E-state index in [0.29, 0.717) is 25.3 Å². The van der Waals surface area contributed by atoms with Crippen LogP contribution in [0.25, 0.3) is 0 Å². The molecule has 1 fully saturated rings. The van der Waals surface area contributed by atoms with Gasteiger partial charge in [-0.2, -0.15) is 4.31 Å². The Bertz CT molecular complexity index is 784. The number of halogens is 1. The Morgan fingerprint density at radius 3 is 2.83 bits per heavy atom. The maximum Gasteiger partial charge on any atom is 0.243 e. The summed E-state index contributed by atoms with van der Waals surface area (Å²) in [6.45, 7) is 2.91. The minimum atomic E-state index is -3.72. The first kappa shape index (κ1) is 17.5. The van der Waals surface area contributed by atoms with E-state index in [1.807, 2.05) is 17.5 Å². The standard InChI is InChI=1S/C17H20FNO3S2/c1-13-10-14(18)6-7-17(13)24(20,21)19(11-15-4-2-8-22-15)12-16-5-3-9-23-16/h3,5-7,9-10,15H,2,4,8,11-12H2,1H3. The maximum absolute atomic E-state index is 13.3. The average Bonchev–Trinajstić information content (AvgIpc) is 3.19. The molecule has 7 heteroatoms. The molecule has 0 radical (unpaired) electrons. The molecule has 0 spiro atoms. The molecular formula is C17H20FNO3S2. The van der Waals surface area contributed by atoms with Crippen molar-refractivity contribution >= 4 is 21.4 Å². The molecule has 130 valence electrons. The fourth-order valence-corrected chi connectivity index (χ4v) is 5.34. The number of benzene rings is 1. The van der Waals surface area contributed by atoms with Gasteiger partial charge in [0.1, 0.15) is 5.82 Å². The molecule has 1 atom stereocenters. The van der Waals surface area contributed by atoms with Gasteiger partial charge < -0.3 is 4.74 Å². The monoisotopic (exact) mass is 369 g/mol. The third kappa shape index (κ3) is 3.85. The Hall–Kier alpha value is -1.28. The minimum absolute atomic E-state index is 0.0829. The van der Waals surface area contributed by atoms with Crippen molar-refractivity contribution in [2.24, 2.45) is 0 Å². The molecule has 0 aliphatic carbocycles. The molecule has 2 aromatic rings. The van der Waals surface area contributed by atoms with Crippen molar-refractivity contribution in [3.8, 4) is 0 Å². The molecule has 1 unspecified atom stereocenters. The van der Waals surface area contributed by atoms with Crippen LogP contribution in [0.15, 0.2) is 40.6 Å². The van der Waals surface area contributed by atoms with Crippen LogP contribution >= 0.6 is 11.3 Å². The number of ether oxygens (including phenoxy) is 1. The summed E-state index contributed by atoms with van der Waals surface area (Å²) in [5, 5.41) is 1.93. The third-order valence-electron chi connectivity index (χ3n) is 4.10. The van der Waals surface area contributed by atoms with Gasteiger partial charge in [-0.25, -0.2) is 12.8 Å². The molecule has 1 aliphatic rings. The SMILES string of the molecule is Cc1cc(F)ccc1S(=O)(=O)N(Cc1cccs1)CC1CCCO1. The largest absolute Gasteiger partial charge is 0.377 e. The zero-order chi connectivity index (χ0) is 17.2. The van der Waals surface area contributed by atoms with Gasteiger partial charge in [0.05, 0.1) is 11.0 Å². The summed E-state index contributed by atoms with van der Waals surface area (Å²) in [4.78, 5) is 1.12. The van der Waals surface area contributed by atoms with E-state index in [0.717, 1.165) is 17.7 Å². The number of sulfonamides is 1. The molecule has 2 heterocycles. The Morgan fingerprint density at radius 2 is 2.21 bits per heavy atom. The van der Waals surface area contributed by atoms with Crippen molar-refractivity contribution in [2.75, 3.05) is 13.2 Å². The van der Waals surface area contributed by atoms with Crippen molar-refractivity contribution in [3.05, 3.63) is 52.0 Å². The highest BCUT2D eigenvalue weighted by Crippen LogP contribution is 2.26. The summed E-state index contributed by atoms with van der Waals surface area (Å²) < 4.78 is 46.7. The molecular weight excluding hydrogens is 349 g/mol. The van der Waals surface area contributed by atoms with Crippen molar-refractivity contribution in [2.45, 2.75) is 37.3 Å². The molecule has 0 amide bonds. The van der Waals surface area contributed by atoms with Crippen LogP contribution in [0, 0.1) is 12.7 Å². The summed E-state index contributed by atoms with van der Waals surface area (Å²) >= 11 is 1.52. The molecule has 0 bridgehead atoms. The van der Waals surface area contributed by atoms with Crippen LogP contribution in [0.3, 0.4) is 0 Å². The van der Waals surface area contributed by atoms with Crippen LogP contribution in [-0.2, 0) is 21.3 Å². The first-order valence-corrected chi connectivity index (χ1v) is 10.2. The van der Waals surface area contributed by atoms with E-state index in [2.05, 4.69) is 0 Å². The molecule has 4 nitrogen and oxygen atoms in total. The van der Waals surface area contributed by atoms with Gasteiger partial charge in [0.2, 0.25) is 10.0 Å². The Morgan fingerprint density at radius 1 is 1.38 bits per heavy atom. The van der Waals surface area contributed by atoms with Gasteiger partial charge in [-0.1, -0.05) is 6.07 Å². The van der Waals surface area contributed by atoms with Crippen molar-refractivity contribution < 1.29 is 17.5 Å². The van der Waals surface area contributed by atoms with Crippen LogP contribution in [0.5, 0.6) is 0 Å². The van der Waals surface area contributed by atoms with E-state index in [9.17, 15) is 12.8 Å². The lowest BCUT2D eigenvalue weighted by molar-refractivity contribution is 0.0927. The van der Waals surface area contributed by atoms with E-state index < -0.39 is 15.8 Å². The lowest BCUT2D eigenvalue weighted by Crippen LogP contribution is -2.37. The Kier molecular flexibility index (Phi) is 5.34. The van der Waals surface area contributed by atoms with Gasteiger partial charge in [0.25, 0.3) is 0 Å². The zero-order valence-electron chi connectivity index (χ0n) is 13.4. The van der Waals surface area contributed by atoms with Crippen LogP contribution in [0.4, 0.5) is 4.39 Å². The van der Waals surface area contributed by atoms with Gasteiger partial charge >= 0.3 is 0 Å². The fourth-order valence-electron chi connectivity index (χ4n) is 2.88. The first-order chi connectivity index (χ1) is 11.5. The van der Waals surface area contributed by atoms with Crippen LogP contribution < -0.4 is 0 Å².